The predicted molar refractivity (Wildman–Crippen MR) is 46.3 cm³/mol. The highest BCUT2D eigenvalue weighted by Gasteiger charge is 2.27. The third-order valence-corrected chi connectivity index (χ3v) is 1.69. The van der Waals surface area contributed by atoms with E-state index >= 15 is 0 Å². The van der Waals surface area contributed by atoms with E-state index < -0.39 is 12.8 Å². The SMILES string of the molecule is CNc1nnc(COCC(F)(F)F)n1C. The molecule has 15 heavy (non-hydrogen) atoms. The van der Waals surface area contributed by atoms with Crippen LogP contribution < -0.4 is 5.32 Å². The molecule has 1 aromatic rings. The van der Waals surface area contributed by atoms with Gasteiger partial charge in [-0.2, -0.15) is 13.2 Å². The van der Waals surface area contributed by atoms with Gasteiger partial charge in [-0.25, -0.2) is 0 Å². The molecule has 0 radical (unpaired) electrons. The first-order valence-corrected chi connectivity index (χ1v) is 4.14. The van der Waals surface area contributed by atoms with Crippen LogP contribution in [0.1, 0.15) is 5.82 Å². The largest absolute Gasteiger partial charge is 0.411 e. The van der Waals surface area contributed by atoms with Gasteiger partial charge in [-0.15, -0.1) is 10.2 Å². The molecule has 0 unspecified atom stereocenters. The van der Waals surface area contributed by atoms with Crippen LogP contribution in [0, 0.1) is 0 Å². The first-order chi connectivity index (χ1) is 6.94. The minimum atomic E-state index is -4.32. The monoisotopic (exact) mass is 224 g/mol. The van der Waals surface area contributed by atoms with Crippen LogP contribution in [0.4, 0.5) is 19.1 Å². The second kappa shape index (κ2) is 4.47. The van der Waals surface area contributed by atoms with Crippen molar-refractivity contribution in [3.8, 4) is 0 Å². The molecule has 1 N–H and O–H groups in total. The number of ether oxygens (including phenoxy) is 1. The van der Waals surface area contributed by atoms with Crippen LogP contribution in [-0.4, -0.2) is 34.6 Å². The van der Waals surface area contributed by atoms with Crippen molar-refractivity contribution in [2.75, 3.05) is 19.0 Å². The molecule has 0 aliphatic rings. The zero-order valence-electron chi connectivity index (χ0n) is 8.30. The summed E-state index contributed by atoms with van der Waals surface area (Å²) < 4.78 is 41.2. The molecule has 1 rings (SSSR count). The van der Waals surface area contributed by atoms with Crippen molar-refractivity contribution in [2.45, 2.75) is 12.8 Å². The van der Waals surface area contributed by atoms with E-state index in [2.05, 4.69) is 20.3 Å². The molecule has 0 fully saturated rings. The van der Waals surface area contributed by atoms with Crippen LogP contribution in [0.2, 0.25) is 0 Å². The number of aromatic nitrogens is 3. The number of rotatable bonds is 4. The standard InChI is InChI=1S/C7H11F3N4O/c1-11-6-13-12-5(14(6)2)3-15-4-7(8,9)10/h3-4H2,1-2H3,(H,11,13). The van der Waals surface area contributed by atoms with E-state index in [-0.39, 0.29) is 6.61 Å². The van der Waals surface area contributed by atoms with Gasteiger partial charge in [0, 0.05) is 14.1 Å². The molecule has 0 aromatic carbocycles. The summed E-state index contributed by atoms with van der Waals surface area (Å²) >= 11 is 0. The van der Waals surface area contributed by atoms with Gasteiger partial charge in [-0.1, -0.05) is 0 Å². The minimum Gasteiger partial charge on any atom is -0.364 e. The number of anilines is 1. The van der Waals surface area contributed by atoms with Crippen molar-refractivity contribution in [3.63, 3.8) is 0 Å². The molecule has 0 bridgehead atoms. The fraction of sp³-hybridized carbons (Fsp3) is 0.714. The molecular weight excluding hydrogens is 213 g/mol. The first kappa shape index (κ1) is 11.8. The fourth-order valence-electron chi connectivity index (χ4n) is 0.963. The molecule has 0 aliphatic heterocycles. The van der Waals surface area contributed by atoms with E-state index in [9.17, 15) is 13.2 Å². The van der Waals surface area contributed by atoms with Gasteiger partial charge in [0.1, 0.15) is 13.2 Å². The van der Waals surface area contributed by atoms with Crippen LogP contribution in [0.15, 0.2) is 0 Å². The van der Waals surface area contributed by atoms with E-state index in [1.807, 2.05) is 0 Å². The van der Waals surface area contributed by atoms with Crippen molar-refractivity contribution < 1.29 is 17.9 Å². The molecule has 86 valence electrons. The van der Waals surface area contributed by atoms with Crippen molar-refractivity contribution in [3.05, 3.63) is 5.82 Å². The molecule has 0 saturated carbocycles. The zero-order valence-corrected chi connectivity index (χ0v) is 8.30. The number of hydrogen-bond acceptors (Lipinski definition) is 4. The third kappa shape index (κ3) is 3.39. The summed E-state index contributed by atoms with van der Waals surface area (Å²) in [5.74, 6) is 0.809. The average Bonchev–Trinajstić information content (AvgIpc) is 2.46. The molecule has 0 spiro atoms. The topological polar surface area (TPSA) is 52.0 Å². The van der Waals surface area contributed by atoms with Crippen molar-refractivity contribution >= 4 is 5.95 Å². The highest BCUT2D eigenvalue weighted by Crippen LogP contribution is 2.15. The van der Waals surface area contributed by atoms with Gasteiger partial charge < -0.3 is 10.1 Å². The molecule has 5 nitrogen and oxygen atoms in total. The van der Waals surface area contributed by atoms with Gasteiger partial charge in [0.25, 0.3) is 0 Å². The molecule has 8 heteroatoms. The van der Waals surface area contributed by atoms with Crippen LogP contribution in [-0.2, 0) is 18.4 Å². The smallest absolute Gasteiger partial charge is 0.364 e. The van der Waals surface area contributed by atoms with Gasteiger partial charge in [0.05, 0.1) is 0 Å². The summed E-state index contributed by atoms with van der Waals surface area (Å²) in [4.78, 5) is 0. The zero-order chi connectivity index (χ0) is 11.5. The van der Waals surface area contributed by atoms with Gasteiger partial charge in [-0.05, 0) is 0 Å². The maximum absolute atomic E-state index is 11.8. The maximum Gasteiger partial charge on any atom is 0.411 e. The Morgan fingerprint density at radius 3 is 2.53 bits per heavy atom. The lowest BCUT2D eigenvalue weighted by Crippen LogP contribution is -2.17. The summed E-state index contributed by atoms with van der Waals surface area (Å²) in [6.45, 7) is -1.50. The summed E-state index contributed by atoms with van der Waals surface area (Å²) in [5.41, 5.74) is 0. The van der Waals surface area contributed by atoms with Gasteiger partial charge in [0.2, 0.25) is 5.95 Å². The lowest BCUT2D eigenvalue weighted by atomic mass is 10.6. The quantitative estimate of drug-likeness (QED) is 0.826. The molecule has 0 saturated heterocycles. The Labute approximate surface area is 84.2 Å². The third-order valence-electron chi connectivity index (χ3n) is 1.69. The number of nitrogens with one attached hydrogen (secondary N) is 1. The van der Waals surface area contributed by atoms with Gasteiger partial charge >= 0.3 is 6.18 Å². The van der Waals surface area contributed by atoms with Crippen LogP contribution >= 0.6 is 0 Å². The van der Waals surface area contributed by atoms with Gasteiger partial charge in [0.15, 0.2) is 5.82 Å². The molecule has 1 heterocycles. The second-order valence-corrected chi connectivity index (χ2v) is 2.86. The minimum absolute atomic E-state index is 0.218. The number of alkyl halides is 3. The van der Waals surface area contributed by atoms with Crippen molar-refractivity contribution in [2.24, 2.45) is 7.05 Å². The lowest BCUT2D eigenvalue weighted by Gasteiger charge is -2.07. The van der Waals surface area contributed by atoms with Crippen molar-refractivity contribution in [1.82, 2.24) is 14.8 Å². The van der Waals surface area contributed by atoms with Crippen LogP contribution in [0.25, 0.3) is 0 Å². The number of halogens is 3. The number of nitrogens with zero attached hydrogens (tertiary/aromatic N) is 3. The van der Waals surface area contributed by atoms with Crippen LogP contribution in [0.3, 0.4) is 0 Å². The van der Waals surface area contributed by atoms with E-state index in [4.69, 9.17) is 0 Å². The summed E-state index contributed by atoms with van der Waals surface area (Å²) in [6.07, 6.45) is -4.32. The molecule has 0 amide bonds. The summed E-state index contributed by atoms with van der Waals surface area (Å²) in [7, 11) is 3.28. The summed E-state index contributed by atoms with van der Waals surface area (Å²) in [5, 5.41) is 10.1. The highest BCUT2D eigenvalue weighted by molar-refractivity contribution is 5.23. The predicted octanol–water partition coefficient (Wildman–Crippen LogP) is 0.936. The summed E-state index contributed by atoms with van der Waals surface area (Å²) in [6, 6.07) is 0. The lowest BCUT2D eigenvalue weighted by molar-refractivity contribution is -0.177. The Bertz CT molecular complexity index is 323. The van der Waals surface area contributed by atoms with E-state index in [0.29, 0.717) is 11.8 Å². The molecular formula is C7H11F3N4O. The second-order valence-electron chi connectivity index (χ2n) is 2.86. The van der Waals surface area contributed by atoms with E-state index in [1.165, 1.54) is 4.57 Å². The molecule has 0 atom stereocenters. The average molecular weight is 224 g/mol. The molecule has 1 aromatic heterocycles. The molecule has 0 aliphatic carbocycles. The Morgan fingerprint density at radius 2 is 2.07 bits per heavy atom. The fourth-order valence-corrected chi connectivity index (χ4v) is 0.963. The Hall–Kier alpha value is -1.31. The van der Waals surface area contributed by atoms with E-state index in [0.717, 1.165) is 0 Å². The van der Waals surface area contributed by atoms with Crippen molar-refractivity contribution in [1.29, 1.82) is 0 Å². The van der Waals surface area contributed by atoms with Crippen LogP contribution in [0.5, 0.6) is 0 Å². The highest BCUT2D eigenvalue weighted by atomic mass is 19.4. The Kier molecular flexibility index (Phi) is 3.51. The van der Waals surface area contributed by atoms with E-state index in [1.54, 1.807) is 14.1 Å². The van der Waals surface area contributed by atoms with Gasteiger partial charge in [-0.3, -0.25) is 4.57 Å². The Morgan fingerprint density at radius 1 is 1.40 bits per heavy atom. The number of hydrogen-bond donors (Lipinski definition) is 1. The first-order valence-electron chi connectivity index (χ1n) is 4.14. The maximum atomic E-state index is 11.8. The Balaban J connectivity index is 2.48. The normalized spacial score (nSPS) is 11.8.